The molecule has 0 amide bonds. The largest absolute Gasteiger partial charge is 0.455 e. The maximum Gasteiger partial charge on any atom is 0.439 e. The molecule has 6 rings (SSSR count). The first-order valence-electron chi connectivity index (χ1n) is 14.1. The highest BCUT2D eigenvalue weighted by molar-refractivity contribution is 6.29. The van der Waals surface area contributed by atoms with E-state index in [1.165, 1.54) is 0 Å². The van der Waals surface area contributed by atoms with Crippen LogP contribution in [0.15, 0.2) is 67.5 Å². The molecule has 0 bridgehead atoms. The molecule has 1 fully saturated rings. The van der Waals surface area contributed by atoms with Crippen LogP contribution in [-0.4, -0.2) is 53.6 Å². The highest BCUT2D eigenvalue weighted by atomic mass is 35.5. The molecule has 0 aliphatic carbocycles. The van der Waals surface area contributed by atoms with Gasteiger partial charge in [-0.25, -0.2) is 9.78 Å². The number of aromatic amines is 1. The van der Waals surface area contributed by atoms with Gasteiger partial charge in [-0.15, -0.1) is 0 Å². The summed E-state index contributed by atoms with van der Waals surface area (Å²) in [5, 5.41) is 22.7. The van der Waals surface area contributed by atoms with Gasteiger partial charge in [0, 0.05) is 36.1 Å². The van der Waals surface area contributed by atoms with Crippen LogP contribution in [0.5, 0.6) is 0 Å². The summed E-state index contributed by atoms with van der Waals surface area (Å²) in [6.07, 6.45) is 3.58. The van der Waals surface area contributed by atoms with Gasteiger partial charge in [-0.05, 0) is 58.4 Å². The summed E-state index contributed by atoms with van der Waals surface area (Å²) in [6.45, 7) is 14.4. The van der Waals surface area contributed by atoms with E-state index >= 15 is 0 Å². The number of H-pyrrole nitrogens is 1. The fourth-order valence-electron chi connectivity index (χ4n) is 5.42. The van der Waals surface area contributed by atoms with E-state index in [0.717, 1.165) is 11.1 Å². The van der Waals surface area contributed by atoms with Crippen molar-refractivity contribution in [2.24, 2.45) is 0 Å². The summed E-state index contributed by atoms with van der Waals surface area (Å²) in [6, 6.07) is 6.86. The van der Waals surface area contributed by atoms with Gasteiger partial charge >= 0.3 is 5.76 Å². The fourth-order valence-corrected chi connectivity index (χ4v) is 5.57. The number of anilines is 1. The molecular weight excluding hydrogens is 586 g/mol. The van der Waals surface area contributed by atoms with Crippen molar-refractivity contribution in [1.29, 1.82) is 0 Å². The quantitative estimate of drug-likeness (QED) is 0.203. The van der Waals surface area contributed by atoms with Crippen LogP contribution in [0, 0.1) is 13.8 Å². The van der Waals surface area contributed by atoms with E-state index in [4.69, 9.17) is 16.0 Å². The molecule has 3 N–H and O–H groups in total. The molecule has 13 heteroatoms. The lowest BCUT2D eigenvalue weighted by Crippen LogP contribution is -2.50. The van der Waals surface area contributed by atoms with Crippen LogP contribution in [0.2, 0.25) is 5.15 Å². The Labute approximate surface area is 257 Å². The minimum Gasteiger partial charge on any atom is -0.455 e. The third-order valence-corrected chi connectivity index (χ3v) is 8.15. The molecule has 4 aromatic heterocycles. The number of halogens is 1. The number of aromatic nitrogens is 5. The molecule has 1 aliphatic heterocycles. The molecule has 44 heavy (non-hydrogen) atoms. The van der Waals surface area contributed by atoms with E-state index < -0.39 is 11.4 Å². The van der Waals surface area contributed by atoms with Crippen LogP contribution in [-0.2, 0) is 0 Å². The van der Waals surface area contributed by atoms with E-state index in [0.29, 0.717) is 58.0 Å². The summed E-state index contributed by atoms with van der Waals surface area (Å²) >= 11 is 6.14. The number of aryl methyl sites for hydroxylation is 1. The number of likely N-dealkylation sites (tertiary alicyclic amines) is 1. The minimum absolute atomic E-state index is 0.0969. The third-order valence-electron chi connectivity index (χ3n) is 7.94. The van der Waals surface area contributed by atoms with Crippen molar-refractivity contribution in [2.75, 3.05) is 18.4 Å². The van der Waals surface area contributed by atoms with E-state index in [1.807, 2.05) is 41.8 Å². The smallest absolute Gasteiger partial charge is 0.439 e. The van der Waals surface area contributed by atoms with Crippen LogP contribution < -0.4 is 16.5 Å². The average molecular weight is 618 g/mol. The molecule has 0 radical (unpaired) electrons. The van der Waals surface area contributed by atoms with Crippen LogP contribution in [0.3, 0.4) is 0 Å². The van der Waals surface area contributed by atoms with Crippen LogP contribution in [0.1, 0.15) is 49.5 Å². The standard InChI is InChI=1S/C31H32ClN7O5/c1-15-9-21(17(3)34-23-7-8-24(32)35-25(23)29-36-30(41)44-37-29)28-22(10-15)26(40)16(2)27(43-28)19-11-33-39(12-19)20-13-38(14-20)18(4)31(5,6)42/h7-12,17,20,34,42H,4,13-14H2,1-3,5-6H3,(H,36,37,41)/t17-/m1/s1. The van der Waals surface area contributed by atoms with E-state index in [2.05, 4.69) is 36.6 Å². The molecule has 1 saturated heterocycles. The van der Waals surface area contributed by atoms with Gasteiger partial charge in [0.2, 0.25) is 5.82 Å². The molecular formula is C31H32ClN7O5. The molecule has 0 saturated carbocycles. The van der Waals surface area contributed by atoms with Crippen molar-refractivity contribution in [1.82, 2.24) is 29.8 Å². The van der Waals surface area contributed by atoms with Gasteiger partial charge in [-0.2, -0.15) is 5.10 Å². The van der Waals surface area contributed by atoms with Gasteiger partial charge in [0.15, 0.2) is 5.43 Å². The number of hydrogen-bond donors (Lipinski definition) is 3. The predicted molar refractivity (Wildman–Crippen MR) is 167 cm³/mol. The lowest BCUT2D eigenvalue weighted by atomic mass is 9.99. The molecule has 1 aliphatic rings. The summed E-state index contributed by atoms with van der Waals surface area (Å²) in [7, 11) is 0. The normalized spacial score (nSPS) is 14.6. The molecule has 12 nitrogen and oxygen atoms in total. The Balaban J connectivity index is 1.35. The van der Waals surface area contributed by atoms with E-state index in [1.54, 1.807) is 39.1 Å². The molecule has 0 spiro atoms. The Morgan fingerprint density at radius 1 is 1.25 bits per heavy atom. The maximum atomic E-state index is 13.7. The van der Waals surface area contributed by atoms with Gasteiger partial charge in [0.05, 0.1) is 40.5 Å². The zero-order valence-electron chi connectivity index (χ0n) is 24.9. The highest BCUT2D eigenvalue weighted by Gasteiger charge is 2.34. The summed E-state index contributed by atoms with van der Waals surface area (Å²) < 4.78 is 13.1. The Kier molecular flexibility index (Phi) is 7.21. The van der Waals surface area contributed by atoms with Gasteiger partial charge in [-0.3, -0.25) is 19.0 Å². The first-order valence-corrected chi connectivity index (χ1v) is 14.5. The van der Waals surface area contributed by atoms with Gasteiger partial charge in [0.25, 0.3) is 0 Å². The lowest BCUT2D eigenvalue weighted by molar-refractivity contribution is 0.0422. The number of aliphatic hydroxyl groups is 1. The third kappa shape index (κ3) is 5.31. The molecule has 0 unspecified atom stereocenters. The second-order valence-electron chi connectivity index (χ2n) is 11.7. The van der Waals surface area contributed by atoms with Crippen molar-refractivity contribution >= 4 is 28.3 Å². The summed E-state index contributed by atoms with van der Waals surface area (Å²) in [4.78, 5) is 34.1. The molecule has 1 atom stereocenters. The van der Waals surface area contributed by atoms with Gasteiger partial charge in [-0.1, -0.05) is 29.4 Å². The van der Waals surface area contributed by atoms with E-state index in [9.17, 15) is 14.7 Å². The van der Waals surface area contributed by atoms with Crippen LogP contribution >= 0.6 is 11.6 Å². The number of hydrogen-bond acceptors (Lipinski definition) is 10. The predicted octanol–water partition coefficient (Wildman–Crippen LogP) is 4.98. The Morgan fingerprint density at radius 2 is 2.00 bits per heavy atom. The first kappa shape index (κ1) is 29.4. The molecule has 228 valence electrons. The number of nitrogens with zero attached hydrogens (tertiary/aromatic N) is 5. The summed E-state index contributed by atoms with van der Waals surface area (Å²) in [5.41, 5.74) is 3.66. The first-order chi connectivity index (χ1) is 20.8. The van der Waals surface area contributed by atoms with Crippen molar-refractivity contribution in [2.45, 2.75) is 52.3 Å². The van der Waals surface area contributed by atoms with Crippen LogP contribution in [0.4, 0.5) is 5.69 Å². The minimum atomic E-state index is -0.991. The lowest BCUT2D eigenvalue weighted by Gasteiger charge is -2.45. The number of pyridine rings is 1. The number of nitrogens with one attached hydrogen (secondary N) is 2. The topological polar surface area (TPSA) is 155 Å². The highest BCUT2D eigenvalue weighted by Crippen LogP contribution is 2.35. The average Bonchev–Trinajstić information content (AvgIpc) is 3.59. The Hall–Kier alpha value is -4.68. The number of benzene rings is 1. The molecule has 5 aromatic rings. The zero-order valence-corrected chi connectivity index (χ0v) is 25.7. The van der Waals surface area contributed by atoms with Crippen molar-refractivity contribution in [3.8, 4) is 22.8 Å². The second kappa shape index (κ2) is 10.8. The van der Waals surface area contributed by atoms with E-state index in [-0.39, 0.29) is 28.5 Å². The van der Waals surface area contributed by atoms with Gasteiger partial charge < -0.3 is 19.7 Å². The SMILES string of the molecule is C=C(N1CC(n2cc(-c3oc4c([C@@H](C)Nc5ccc(Cl)nc5-c5noc(=O)[nH]5)cc(C)cc4c(=O)c3C)cn2)C1)C(C)(C)O. The summed E-state index contributed by atoms with van der Waals surface area (Å²) in [5.74, 6) is -0.147. The Morgan fingerprint density at radius 3 is 2.68 bits per heavy atom. The maximum absolute atomic E-state index is 13.7. The van der Waals surface area contributed by atoms with Crippen molar-refractivity contribution in [3.63, 3.8) is 0 Å². The number of rotatable bonds is 8. The van der Waals surface area contributed by atoms with Crippen molar-refractivity contribution < 1.29 is 14.0 Å². The molecule has 5 heterocycles. The fraction of sp³-hybridized carbons (Fsp3) is 0.323. The van der Waals surface area contributed by atoms with Crippen molar-refractivity contribution in [3.05, 3.63) is 91.6 Å². The van der Waals surface area contributed by atoms with Crippen LogP contribution in [0.25, 0.3) is 33.8 Å². The number of fused-ring (bicyclic) bond motifs is 1. The Bertz CT molecular complexity index is 2030. The zero-order chi connectivity index (χ0) is 31.5. The van der Waals surface area contributed by atoms with Gasteiger partial charge in [0.1, 0.15) is 22.2 Å². The monoisotopic (exact) mass is 617 g/mol. The second-order valence-corrected chi connectivity index (χ2v) is 12.1. The molecule has 1 aromatic carbocycles.